The summed E-state index contributed by atoms with van der Waals surface area (Å²) in [7, 11) is 0. The molecule has 0 N–H and O–H groups in total. The van der Waals surface area contributed by atoms with Crippen molar-refractivity contribution in [3.05, 3.63) is 12.2 Å². The number of allylic oxidation sites excluding steroid dienone is 2. The first-order chi connectivity index (χ1) is 3.41. The van der Waals surface area contributed by atoms with Crippen LogP contribution >= 0.6 is 0 Å². The van der Waals surface area contributed by atoms with Gasteiger partial charge >= 0.3 is 0 Å². The third-order valence-electron chi connectivity index (χ3n) is 0.906. The summed E-state index contributed by atoms with van der Waals surface area (Å²) in [6, 6.07) is 0. The van der Waals surface area contributed by atoms with E-state index in [1.54, 1.807) is 0 Å². The topological polar surface area (TPSA) is 0 Å². The molecule has 0 heterocycles. The summed E-state index contributed by atoms with van der Waals surface area (Å²) in [5, 5.41) is 0. The molecule has 0 spiro atoms. The van der Waals surface area contributed by atoms with Crippen molar-refractivity contribution in [2.24, 2.45) is 0 Å². The lowest BCUT2D eigenvalue weighted by Gasteiger charge is -1.78. The summed E-state index contributed by atoms with van der Waals surface area (Å²) >= 11 is 0. The molecule has 0 rings (SSSR count). The van der Waals surface area contributed by atoms with E-state index in [4.69, 9.17) is 0 Å². The fourth-order valence-electron chi connectivity index (χ4n) is 0.451. The van der Waals surface area contributed by atoms with Crippen molar-refractivity contribution in [2.45, 2.75) is 33.1 Å². The van der Waals surface area contributed by atoms with Crippen molar-refractivity contribution in [1.29, 1.82) is 0 Å². The molecule has 0 heteroatoms. The highest BCUT2D eigenvalue weighted by atomic mass is 13.8. The van der Waals surface area contributed by atoms with Gasteiger partial charge in [-0.15, -0.1) is 0 Å². The lowest BCUT2D eigenvalue weighted by Crippen LogP contribution is -1.63. The van der Waals surface area contributed by atoms with E-state index in [1.165, 1.54) is 19.3 Å². The van der Waals surface area contributed by atoms with Gasteiger partial charge in [-0.2, -0.15) is 0 Å². The van der Waals surface area contributed by atoms with Crippen LogP contribution in [-0.4, -0.2) is 0 Å². The summed E-state index contributed by atoms with van der Waals surface area (Å²) in [6.07, 6.45) is 8.86. The highest BCUT2D eigenvalue weighted by Crippen LogP contribution is 1.92. The molecule has 0 nitrogen and oxygen atoms in total. The van der Waals surface area contributed by atoms with Gasteiger partial charge in [-0.1, -0.05) is 13.3 Å². The van der Waals surface area contributed by atoms with E-state index in [1.807, 2.05) is 6.92 Å². The molecule has 0 amide bonds. The van der Waals surface area contributed by atoms with Crippen LogP contribution in [0.3, 0.4) is 0 Å². The second kappa shape index (κ2) is 5.65. The molecule has 0 fully saturated rings. The van der Waals surface area contributed by atoms with Gasteiger partial charge in [-0.3, -0.25) is 0 Å². The molecule has 40 valence electrons. The average Bonchev–Trinajstić information content (AvgIpc) is 1.69. The van der Waals surface area contributed by atoms with Gasteiger partial charge in [0.05, 0.1) is 0 Å². The zero-order valence-corrected chi connectivity index (χ0v) is 5.20. The van der Waals surface area contributed by atoms with Crippen molar-refractivity contribution in [2.75, 3.05) is 0 Å². The summed E-state index contributed by atoms with van der Waals surface area (Å²) in [5.74, 6) is 0. The van der Waals surface area contributed by atoms with Crippen LogP contribution < -0.4 is 0 Å². The molecule has 0 saturated heterocycles. The zero-order chi connectivity index (χ0) is 5.54. The Balaban J connectivity index is 2.69. The second-order valence-corrected chi connectivity index (χ2v) is 1.64. The molecular formula is C7H13+. The molecule has 0 bridgehead atoms. The average molecular weight is 97.2 g/mol. The molecule has 0 aromatic carbocycles. The van der Waals surface area contributed by atoms with E-state index < -0.39 is 0 Å². The Labute approximate surface area is 46.2 Å². The van der Waals surface area contributed by atoms with Gasteiger partial charge in [-0.25, -0.2) is 0 Å². The largest absolute Gasteiger partial charge is 0.214 e. The van der Waals surface area contributed by atoms with Gasteiger partial charge in [0, 0.05) is 6.42 Å². The van der Waals surface area contributed by atoms with Crippen LogP contribution in [0.15, 0.2) is 6.08 Å². The smallest absolute Gasteiger partial charge is 0.0654 e. The zero-order valence-electron chi connectivity index (χ0n) is 5.20. The van der Waals surface area contributed by atoms with Gasteiger partial charge in [0.1, 0.15) is 0 Å². The first-order valence-electron chi connectivity index (χ1n) is 2.90. The third-order valence-corrected chi connectivity index (χ3v) is 0.906. The lowest BCUT2D eigenvalue weighted by atomic mass is 10.2. The Bertz CT molecular complexity index is 44.0. The van der Waals surface area contributed by atoms with Crippen molar-refractivity contribution in [3.63, 3.8) is 0 Å². The maximum absolute atomic E-state index is 2.98. The summed E-state index contributed by atoms with van der Waals surface area (Å²) < 4.78 is 0. The molecule has 0 aromatic heterocycles. The number of hydrogen-bond acceptors (Lipinski definition) is 0. The molecule has 0 aliphatic carbocycles. The predicted octanol–water partition coefficient (Wildman–Crippen LogP) is 2.56. The molecule has 7 heavy (non-hydrogen) atoms. The first-order valence-corrected chi connectivity index (χ1v) is 2.90. The van der Waals surface area contributed by atoms with E-state index in [2.05, 4.69) is 19.1 Å². The molecule has 0 radical (unpaired) electrons. The Morgan fingerprint density at radius 3 is 2.71 bits per heavy atom. The second-order valence-electron chi connectivity index (χ2n) is 1.64. The van der Waals surface area contributed by atoms with E-state index in [9.17, 15) is 0 Å². The SMILES string of the molecule is C[C+]=CCCCC. The van der Waals surface area contributed by atoms with Crippen molar-refractivity contribution in [1.82, 2.24) is 0 Å². The fourth-order valence-corrected chi connectivity index (χ4v) is 0.451. The predicted molar refractivity (Wildman–Crippen MR) is 33.0 cm³/mol. The lowest BCUT2D eigenvalue weighted by molar-refractivity contribution is 0.813. The Morgan fingerprint density at radius 2 is 2.29 bits per heavy atom. The van der Waals surface area contributed by atoms with Crippen molar-refractivity contribution in [3.8, 4) is 0 Å². The van der Waals surface area contributed by atoms with Crippen LogP contribution in [0.4, 0.5) is 0 Å². The van der Waals surface area contributed by atoms with Gasteiger partial charge < -0.3 is 0 Å². The van der Waals surface area contributed by atoms with E-state index in [0.29, 0.717) is 0 Å². The van der Waals surface area contributed by atoms with Crippen molar-refractivity contribution < 1.29 is 0 Å². The Hall–Kier alpha value is -0.350. The Morgan fingerprint density at radius 1 is 1.57 bits per heavy atom. The monoisotopic (exact) mass is 97.1 g/mol. The minimum atomic E-state index is 1.20. The van der Waals surface area contributed by atoms with Gasteiger partial charge in [-0.05, 0) is 6.42 Å². The third kappa shape index (κ3) is 5.65. The highest BCUT2D eigenvalue weighted by Gasteiger charge is 1.81. The van der Waals surface area contributed by atoms with Gasteiger partial charge in [0.2, 0.25) is 6.08 Å². The fraction of sp³-hybridized carbons (Fsp3) is 0.714. The molecule has 0 aromatic rings. The van der Waals surface area contributed by atoms with E-state index in [-0.39, 0.29) is 0 Å². The number of unbranched alkanes of at least 4 members (excludes halogenated alkanes) is 2. The van der Waals surface area contributed by atoms with Crippen molar-refractivity contribution >= 4 is 0 Å². The highest BCUT2D eigenvalue weighted by molar-refractivity contribution is 4.68. The van der Waals surface area contributed by atoms with Gasteiger partial charge in [0.15, 0.2) is 13.0 Å². The van der Waals surface area contributed by atoms with Crippen LogP contribution in [0, 0.1) is 6.08 Å². The van der Waals surface area contributed by atoms with E-state index >= 15 is 0 Å². The van der Waals surface area contributed by atoms with Crippen LogP contribution in [0.2, 0.25) is 0 Å². The molecule has 0 atom stereocenters. The minimum Gasteiger partial charge on any atom is -0.0654 e. The maximum Gasteiger partial charge on any atom is 0.214 e. The molecular weight excluding hydrogens is 84.1 g/mol. The van der Waals surface area contributed by atoms with Crippen LogP contribution in [0.25, 0.3) is 0 Å². The van der Waals surface area contributed by atoms with E-state index in [0.717, 1.165) is 0 Å². The summed E-state index contributed by atoms with van der Waals surface area (Å²) in [5.41, 5.74) is 0. The van der Waals surface area contributed by atoms with Crippen LogP contribution in [0.1, 0.15) is 33.1 Å². The molecule has 0 unspecified atom stereocenters. The molecule has 0 aliphatic heterocycles. The minimum absolute atomic E-state index is 1.20. The summed E-state index contributed by atoms with van der Waals surface area (Å²) in [4.78, 5) is 0. The van der Waals surface area contributed by atoms with Crippen LogP contribution in [0.5, 0.6) is 0 Å². The molecule has 0 saturated carbocycles. The number of hydrogen-bond donors (Lipinski definition) is 0. The number of rotatable bonds is 3. The normalized spacial score (nSPS) is 9.43. The van der Waals surface area contributed by atoms with Gasteiger partial charge in [0.25, 0.3) is 0 Å². The quantitative estimate of drug-likeness (QED) is 0.375. The first kappa shape index (κ1) is 6.65. The van der Waals surface area contributed by atoms with Crippen LogP contribution in [-0.2, 0) is 0 Å². The maximum atomic E-state index is 2.98. The molecule has 0 aliphatic rings. The standard InChI is InChI=1S/C7H13/c1-3-5-7-6-4-2/h6H,3,5,7H2,1-2H3/q+1. The Kier molecular flexibility index (Phi) is 5.37. The summed E-state index contributed by atoms with van der Waals surface area (Å²) in [6.45, 7) is 4.14.